The van der Waals surface area contributed by atoms with Gasteiger partial charge in [-0.1, -0.05) is 17.3 Å². The highest BCUT2D eigenvalue weighted by Crippen LogP contribution is 2.27. The summed E-state index contributed by atoms with van der Waals surface area (Å²) in [5.74, 6) is 0.0907. The Labute approximate surface area is 166 Å². The molecule has 7 heteroatoms. The Balaban J connectivity index is 1.68. The van der Waals surface area contributed by atoms with Crippen molar-refractivity contribution in [1.82, 2.24) is 15.5 Å². The molecule has 146 valence electrons. The van der Waals surface area contributed by atoms with Crippen LogP contribution in [0.1, 0.15) is 21.6 Å². The van der Waals surface area contributed by atoms with E-state index in [0.717, 1.165) is 11.3 Å². The number of aryl methyl sites for hydroxylation is 1. The van der Waals surface area contributed by atoms with Crippen LogP contribution in [0.25, 0.3) is 22.4 Å². The van der Waals surface area contributed by atoms with Crippen LogP contribution >= 0.6 is 0 Å². The fourth-order valence-corrected chi connectivity index (χ4v) is 3.10. The largest absolute Gasteiger partial charge is 0.497 e. The van der Waals surface area contributed by atoms with Crippen LogP contribution < -0.4 is 10.1 Å². The van der Waals surface area contributed by atoms with Gasteiger partial charge in [-0.3, -0.25) is 4.79 Å². The molecule has 4 rings (SSSR count). The van der Waals surface area contributed by atoms with Gasteiger partial charge in [0, 0.05) is 12.1 Å². The quantitative estimate of drug-likeness (QED) is 0.550. The first kappa shape index (κ1) is 18.6. The smallest absolute Gasteiger partial charge is 0.259 e. The fraction of sp³-hybridized carbons (Fsp3) is 0.136. The molecule has 0 saturated carbocycles. The molecule has 29 heavy (non-hydrogen) atoms. The zero-order chi connectivity index (χ0) is 20.4. The summed E-state index contributed by atoms with van der Waals surface area (Å²) >= 11 is 0. The highest BCUT2D eigenvalue weighted by atomic mass is 19.1. The van der Waals surface area contributed by atoms with E-state index in [2.05, 4.69) is 15.5 Å². The van der Waals surface area contributed by atoms with E-state index >= 15 is 0 Å². The minimum atomic E-state index is -0.346. The Morgan fingerprint density at radius 1 is 1.17 bits per heavy atom. The van der Waals surface area contributed by atoms with E-state index in [1.807, 2.05) is 24.3 Å². The van der Waals surface area contributed by atoms with E-state index in [1.165, 1.54) is 12.1 Å². The summed E-state index contributed by atoms with van der Waals surface area (Å²) in [4.78, 5) is 17.4. The molecule has 2 aromatic carbocycles. The van der Waals surface area contributed by atoms with Crippen LogP contribution in [0, 0.1) is 12.7 Å². The van der Waals surface area contributed by atoms with Crippen molar-refractivity contribution in [1.29, 1.82) is 0 Å². The number of pyridine rings is 1. The number of rotatable bonds is 5. The van der Waals surface area contributed by atoms with Gasteiger partial charge in [-0.2, -0.15) is 0 Å². The van der Waals surface area contributed by atoms with Gasteiger partial charge in [0.1, 0.15) is 11.6 Å². The summed E-state index contributed by atoms with van der Waals surface area (Å²) < 4.78 is 23.8. The Bertz CT molecular complexity index is 1190. The molecular formula is C22H18FN3O3. The van der Waals surface area contributed by atoms with Crippen LogP contribution in [-0.4, -0.2) is 23.2 Å². The third-order valence-corrected chi connectivity index (χ3v) is 4.59. The van der Waals surface area contributed by atoms with Crippen molar-refractivity contribution < 1.29 is 18.4 Å². The summed E-state index contributed by atoms with van der Waals surface area (Å²) in [6.07, 6.45) is 0. The van der Waals surface area contributed by atoms with Crippen LogP contribution in [0.4, 0.5) is 4.39 Å². The van der Waals surface area contributed by atoms with E-state index < -0.39 is 0 Å². The van der Waals surface area contributed by atoms with E-state index in [1.54, 1.807) is 32.2 Å². The number of fused-ring (bicyclic) bond motifs is 1. The van der Waals surface area contributed by atoms with Crippen molar-refractivity contribution in [3.8, 4) is 17.0 Å². The Morgan fingerprint density at radius 3 is 2.72 bits per heavy atom. The number of amides is 1. The number of nitrogens with one attached hydrogen (secondary N) is 1. The van der Waals surface area contributed by atoms with Crippen LogP contribution in [0.3, 0.4) is 0 Å². The lowest BCUT2D eigenvalue weighted by Crippen LogP contribution is -2.23. The molecule has 0 aliphatic carbocycles. The van der Waals surface area contributed by atoms with Crippen LogP contribution in [0.2, 0.25) is 0 Å². The van der Waals surface area contributed by atoms with Gasteiger partial charge in [-0.15, -0.1) is 0 Å². The standard InChI is InChI=1S/C22H18FN3O3/c1-13-20-18(21(27)24-12-14-4-3-5-17(10-14)28-2)11-19(25-22(20)29-26-13)15-6-8-16(23)9-7-15/h3-11H,12H2,1-2H3,(H,24,27). The van der Waals surface area contributed by atoms with Gasteiger partial charge in [0.15, 0.2) is 0 Å². The molecule has 2 aromatic heterocycles. The predicted octanol–water partition coefficient (Wildman–Crippen LogP) is 4.28. The molecule has 0 bridgehead atoms. The number of methoxy groups -OCH3 is 1. The van der Waals surface area contributed by atoms with Gasteiger partial charge >= 0.3 is 0 Å². The second kappa shape index (κ2) is 7.71. The predicted molar refractivity (Wildman–Crippen MR) is 106 cm³/mol. The van der Waals surface area contributed by atoms with Gasteiger partial charge < -0.3 is 14.6 Å². The lowest BCUT2D eigenvalue weighted by molar-refractivity contribution is 0.0952. The maximum absolute atomic E-state index is 13.3. The average Bonchev–Trinajstić information content (AvgIpc) is 3.13. The first-order valence-electron chi connectivity index (χ1n) is 8.99. The van der Waals surface area contributed by atoms with Crippen molar-refractivity contribution in [3.63, 3.8) is 0 Å². The molecule has 1 amide bonds. The zero-order valence-corrected chi connectivity index (χ0v) is 15.9. The van der Waals surface area contributed by atoms with Gasteiger partial charge in [0.05, 0.1) is 29.4 Å². The third-order valence-electron chi connectivity index (χ3n) is 4.59. The topological polar surface area (TPSA) is 77.2 Å². The maximum atomic E-state index is 13.3. The molecule has 0 spiro atoms. The Hall–Kier alpha value is -3.74. The molecule has 2 heterocycles. The monoisotopic (exact) mass is 391 g/mol. The van der Waals surface area contributed by atoms with E-state index in [-0.39, 0.29) is 17.4 Å². The second-order valence-electron chi connectivity index (χ2n) is 6.54. The molecule has 1 N–H and O–H groups in total. The first-order valence-corrected chi connectivity index (χ1v) is 8.99. The second-order valence-corrected chi connectivity index (χ2v) is 6.54. The molecular weight excluding hydrogens is 373 g/mol. The maximum Gasteiger partial charge on any atom is 0.259 e. The van der Waals surface area contributed by atoms with Crippen molar-refractivity contribution in [2.45, 2.75) is 13.5 Å². The number of carbonyl (C=O) groups is 1. The van der Waals surface area contributed by atoms with Gasteiger partial charge in [0.2, 0.25) is 0 Å². The molecule has 4 aromatic rings. The molecule has 6 nitrogen and oxygen atoms in total. The van der Waals surface area contributed by atoms with E-state index in [4.69, 9.17) is 9.26 Å². The van der Waals surface area contributed by atoms with Crippen molar-refractivity contribution >= 4 is 17.0 Å². The Morgan fingerprint density at radius 2 is 1.97 bits per heavy atom. The number of hydrogen-bond acceptors (Lipinski definition) is 5. The minimum Gasteiger partial charge on any atom is -0.497 e. The highest BCUT2D eigenvalue weighted by molar-refractivity contribution is 6.06. The summed E-state index contributed by atoms with van der Waals surface area (Å²) in [6, 6.07) is 15.0. The molecule has 0 aliphatic rings. The fourth-order valence-electron chi connectivity index (χ4n) is 3.10. The van der Waals surface area contributed by atoms with Gasteiger partial charge in [0.25, 0.3) is 11.6 Å². The SMILES string of the molecule is COc1cccc(CNC(=O)c2cc(-c3ccc(F)cc3)nc3onc(C)c23)c1. The van der Waals surface area contributed by atoms with Gasteiger partial charge in [-0.25, -0.2) is 9.37 Å². The van der Waals surface area contributed by atoms with Crippen LogP contribution in [0.15, 0.2) is 59.1 Å². The number of ether oxygens (including phenoxy) is 1. The average molecular weight is 391 g/mol. The molecule has 0 radical (unpaired) electrons. The molecule has 0 fully saturated rings. The molecule has 0 aliphatic heterocycles. The zero-order valence-electron chi connectivity index (χ0n) is 15.9. The molecule has 0 saturated heterocycles. The van der Waals surface area contributed by atoms with Crippen molar-refractivity contribution in [3.05, 3.63) is 77.2 Å². The number of benzene rings is 2. The third kappa shape index (κ3) is 3.80. The minimum absolute atomic E-state index is 0.260. The highest BCUT2D eigenvalue weighted by Gasteiger charge is 2.19. The van der Waals surface area contributed by atoms with Crippen molar-refractivity contribution in [2.75, 3.05) is 7.11 Å². The van der Waals surface area contributed by atoms with Crippen molar-refractivity contribution in [2.24, 2.45) is 0 Å². The lowest BCUT2D eigenvalue weighted by Gasteiger charge is -2.09. The Kier molecular flexibility index (Phi) is 4.95. The van der Waals surface area contributed by atoms with Gasteiger partial charge in [-0.05, 0) is 55.0 Å². The first-order chi connectivity index (χ1) is 14.0. The summed E-state index contributed by atoms with van der Waals surface area (Å²) in [5, 5.41) is 7.40. The number of carbonyl (C=O) groups excluding carboxylic acids is 1. The van der Waals surface area contributed by atoms with Crippen LogP contribution in [0.5, 0.6) is 5.75 Å². The lowest BCUT2D eigenvalue weighted by atomic mass is 10.0. The summed E-state index contributed by atoms with van der Waals surface area (Å²) in [7, 11) is 1.59. The van der Waals surface area contributed by atoms with Crippen LogP contribution in [-0.2, 0) is 6.54 Å². The summed E-state index contributed by atoms with van der Waals surface area (Å²) in [5.41, 5.74) is 3.31. The normalized spacial score (nSPS) is 10.9. The number of nitrogens with zero attached hydrogens (tertiary/aromatic N) is 2. The number of halogens is 1. The molecule has 0 unspecified atom stereocenters. The summed E-state index contributed by atoms with van der Waals surface area (Å²) in [6.45, 7) is 2.08. The van der Waals surface area contributed by atoms with E-state index in [0.29, 0.717) is 34.4 Å². The number of aromatic nitrogens is 2. The molecule has 0 atom stereocenters. The van der Waals surface area contributed by atoms with E-state index in [9.17, 15) is 9.18 Å². The number of hydrogen-bond donors (Lipinski definition) is 1.